The van der Waals surface area contributed by atoms with E-state index in [1.807, 2.05) is 18.2 Å². The van der Waals surface area contributed by atoms with Crippen LogP contribution in [0.2, 0.25) is 5.02 Å². The molecule has 5 nitrogen and oxygen atoms in total. The fourth-order valence-electron chi connectivity index (χ4n) is 2.80. The minimum absolute atomic E-state index is 0.0609. The van der Waals surface area contributed by atoms with Crippen molar-refractivity contribution >= 4 is 23.3 Å². The molecule has 0 saturated carbocycles. The van der Waals surface area contributed by atoms with E-state index in [4.69, 9.17) is 16.1 Å². The third-order valence-corrected chi connectivity index (χ3v) is 4.29. The molecular weight excluding hydrogens is 314 g/mol. The van der Waals surface area contributed by atoms with E-state index in [1.54, 1.807) is 17.0 Å². The first-order chi connectivity index (χ1) is 11.0. The van der Waals surface area contributed by atoms with Crippen LogP contribution in [0.25, 0.3) is 0 Å². The molecule has 0 unspecified atom stereocenters. The predicted molar refractivity (Wildman–Crippen MR) is 89.7 cm³/mol. The van der Waals surface area contributed by atoms with Gasteiger partial charge in [0.15, 0.2) is 5.76 Å². The van der Waals surface area contributed by atoms with E-state index in [0.29, 0.717) is 23.2 Å². The van der Waals surface area contributed by atoms with Gasteiger partial charge in [-0.3, -0.25) is 0 Å². The maximum absolute atomic E-state index is 12.6. The molecule has 2 amide bonds. The van der Waals surface area contributed by atoms with Crippen molar-refractivity contribution < 1.29 is 9.32 Å². The topological polar surface area (TPSA) is 58.4 Å². The number of nitrogens with one attached hydrogen (secondary N) is 1. The van der Waals surface area contributed by atoms with Gasteiger partial charge in [0.2, 0.25) is 0 Å². The molecule has 23 heavy (non-hydrogen) atoms. The number of carbonyl (C=O) groups is 1. The van der Waals surface area contributed by atoms with Gasteiger partial charge in [0.05, 0.1) is 11.7 Å². The molecule has 0 radical (unpaired) electrons. The first-order valence-electron chi connectivity index (χ1n) is 7.84. The van der Waals surface area contributed by atoms with Crippen molar-refractivity contribution in [2.24, 2.45) is 0 Å². The number of hydrogen-bond donors (Lipinski definition) is 1. The summed E-state index contributed by atoms with van der Waals surface area (Å²) in [5.74, 6) is 1.06. The zero-order chi connectivity index (χ0) is 16.4. The van der Waals surface area contributed by atoms with Gasteiger partial charge in [0, 0.05) is 23.3 Å². The second-order valence-corrected chi connectivity index (χ2v) is 6.54. The summed E-state index contributed by atoms with van der Waals surface area (Å²) in [7, 11) is 0. The van der Waals surface area contributed by atoms with E-state index >= 15 is 0 Å². The minimum Gasteiger partial charge on any atom is -0.359 e. The quantitative estimate of drug-likeness (QED) is 0.876. The number of likely N-dealkylation sites (tertiary alicyclic amines) is 1. The highest BCUT2D eigenvalue weighted by Crippen LogP contribution is 2.33. The van der Waals surface area contributed by atoms with Crippen molar-refractivity contribution in [2.75, 3.05) is 11.9 Å². The fourth-order valence-corrected chi connectivity index (χ4v) is 2.99. The van der Waals surface area contributed by atoms with E-state index in [2.05, 4.69) is 24.3 Å². The van der Waals surface area contributed by atoms with Gasteiger partial charge in [0.25, 0.3) is 0 Å². The van der Waals surface area contributed by atoms with Crippen LogP contribution in [0.1, 0.15) is 50.1 Å². The molecule has 3 rings (SSSR count). The summed E-state index contributed by atoms with van der Waals surface area (Å²) in [5.41, 5.74) is 1.61. The standard InChI is InChI=1S/C17H20ClN3O2/c1-11(2)14-10-16(23-20-14)15-7-4-8-21(15)17(22)19-13-6-3-5-12(18)9-13/h3,5-6,9-11,15H,4,7-8H2,1-2H3,(H,19,22)/t15-/m0/s1. The van der Waals surface area contributed by atoms with Crippen molar-refractivity contribution in [2.45, 2.75) is 38.6 Å². The Labute approximate surface area is 140 Å². The van der Waals surface area contributed by atoms with Gasteiger partial charge >= 0.3 is 6.03 Å². The molecule has 0 aliphatic carbocycles. The minimum atomic E-state index is -0.141. The Hall–Kier alpha value is -2.01. The van der Waals surface area contributed by atoms with Crippen molar-refractivity contribution in [3.63, 3.8) is 0 Å². The highest BCUT2D eigenvalue weighted by Gasteiger charge is 2.33. The molecule has 122 valence electrons. The van der Waals surface area contributed by atoms with Gasteiger partial charge < -0.3 is 14.7 Å². The molecular formula is C17H20ClN3O2. The second kappa shape index (κ2) is 6.62. The highest BCUT2D eigenvalue weighted by molar-refractivity contribution is 6.30. The lowest BCUT2D eigenvalue weighted by Crippen LogP contribution is -2.34. The van der Waals surface area contributed by atoms with E-state index in [0.717, 1.165) is 24.3 Å². The SMILES string of the molecule is CC(C)c1cc([C@@H]2CCCN2C(=O)Nc2cccc(Cl)c2)on1. The van der Waals surface area contributed by atoms with E-state index in [1.165, 1.54) is 0 Å². The average Bonchev–Trinajstić information content (AvgIpc) is 3.16. The molecule has 2 aromatic rings. The number of carbonyl (C=O) groups excluding carboxylic acids is 1. The van der Waals surface area contributed by atoms with Gasteiger partial charge in [-0.05, 0) is 37.0 Å². The third-order valence-electron chi connectivity index (χ3n) is 4.06. The molecule has 1 atom stereocenters. The lowest BCUT2D eigenvalue weighted by Gasteiger charge is -2.23. The summed E-state index contributed by atoms with van der Waals surface area (Å²) in [6, 6.07) is 8.89. The molecule has 6 heteroatoms. The lowest BCUT2D eigenvalue weighted by molar-refractivity contribution is 0.195. The first-order valence-corrected chi connectivity index (χ1v) is 8.22. The molecule has 1 saturated heterocycles. The number of benzene rings is 1. The molecule has 1 aliphatic heterocycles. The van der Waals surface area contributed by atoms with Gasteiger partial charge in [-0.25, -0.2) is 4.79 Å². The number of urea groups is 1. The Morgan fingerprint density at radius 3 is 2.96 bits per heavy atom. The van der Waals surface area contributed by atoms with Gasteiger partial charge in [-0.1, -0.05) is 36.7 Å². The Morgan fingerprint density at radius 2 is 2.26 bits per heavy atom. The summed E-state index contributed by atoms with van der Waals surface area (Å²) in [5, 5.41) is 7.59. The lowest BCUT2D eigenvalue weighted by atomic mass is 10.1. The predicted octanol–water partition coefficient (Wildman–Crippen LogP) is 4.82. The van der Waals surface area contributed by atoms with E-state index in [9.17, 15) is 4.79 Å². The van der Waals surface area contributed by atoms with Crippen molar-refractivity contribution in [3.8, 4) is 0 Å². The molecule has 2 heterocycles. The Kier molecular flexibility index (Phi) is 4.57. The largest absolute Gasteiger partial charge is 0.359 e. The molecule has 1 aromatic heterocycles. The van der Waals surface area contributed by atoms with Crippen molar-refractivity contribution in [1.82, 2.24) is 10.1 Å². The van der Waals surface area contributed by atoms with Crippen LogP contribution in [0.5, 0.6) is 0 Å². The van der Waals surface area contributed by atoms with Crippen LogP contribution in [0.4, 0.5) is 10.5 Å². The molecule has 1 fully saturated rings. The fraction of sp³-hybridized carbons (Fsp3) is 0.412. The van der Waals surface area contributed by atoms with Crippen molar-refractivity contribution in [3.05, 3.63) is 46.8 Å². The number of aromatic nitrogens is 1. The van der Waals surface area contributed by atoms with Crippen LogP contribution in [-0.4, -0.2) is 22.6 Å². The summed E-state index contributed by atoms with van der Waals surface area (Å²) < 4.78 is 5.47. The maximum Gasteiger partial charge on any atom is 0.322 e. The second-order valence-electron chi connectivity index (χ2n) is 6.10. The molecule has 1 aliphatic rings. The Balaban J connectivity index is 1.74. The van der Waals surface area contributed by atoms with Crippen LogP contribution >= 0.6 is 11.6 Å². The highest BCUT2D eigenvalue weighted by atomic mass is 35.5. The maximum atomic E-state index is 12.6. The number of amides is 2. The van der Waals surface area contributed by atoms with Crippen LogP contribution in [0, 0.1) is 0 Å². The van der Waals surface area contributed by atoms with E-state index < -0.39 is 0 Å². The van der Waals surface area contributed by atoms with Gasteiger partial charge in [-0.15, -0.1) is 0 Å². The number of anilines is 1. The summed E-state index contributed by atoms with van der Waals surface area (Å²) in [6.07, 6.45) is 1.83. The van der Waals surface area contributed by atoms with Gasteiger partial charge in [0.1, 0.15) is 0 Å². The van der Waals surface area contributed by atoms with Crippen LogP contribution in [-0.2, 0) is 0 Å². The monoisotopic (exact) mass is 333 g/mol. The third kappa shape index (κ3) is 3.50. The Bertz CT molecular complexity index is 699. The summed E-state index contributed by atoms with van der Waals surface area (Å²) >= 11 is 5.96. The average molecular weight is 334 g/mol. The summed E-state index contributed by atoms with van der Waals surface area (Å²) in [4.78, 5) is 14.4. The number of hydrogen-bond acceptors (Lipinski definition) is 3. The zero-order valence-electron chi connectivity index (χ0n) is 13.3. The normalized spacial score (nSPS) is 17.7. The molecule has 0 spiro atoms. The molecule has 0 bridgehead atoms. The van der Waals surface area contributed by atoms with Crippen LogP contribution in [0.15, 0.2) is 34.9 Å². The number of nitrogens with zero attached hydrogens (tertiary/aromatic N) is 2. The molecule has 1 aromatic carbocycles. The molecule has 1 N–H and O–H groups in total. The number of halogens is 1. The summed E-state index contributed by atoms with van der Waals surface area (Å²) in [6.45, 7) is 4.84. The van der Waals surface area contributed by atoms with Crippen LogP contribution < -0.4 is 5.32 Å². The number of rotatable bonds is 3. The first kappa shape index (κ1) is 15.9. The zero-order valence-corrected chi connectivity index (χ0v) is 14.0. The van der Waals surface area contributed by atoms with E-state index in [-0.39, 0.29) is 12.1 Å². The smallest absolute Gasteiger partial charge is 0.322 e. The van der Waals surface area contributed by atoms with Gasteiger partial charge in [-0.2, -0.15) is 0 Å². The van der Waals surface area contributed by atoms with Crippen LogP contribution in [0.3, 0.4) is 0 Å². The van der Waals surface area contributed by atoms with Crippen molar-refractivity contribution in [1.29, 1.82) is 0 Å². The Morgan fingerprint density at radius 1 is 1.43 bits per heavy atom.